The predicted molar refractivity (Wildman–Crippen MR) is 95.1 cm³/mol. The van der Waals surface area contributed by atoms with E-state index in [1.54, 1.807) is 10.9 Å². The molecule has 2 aromatic rings. The molecular formula is C19H24N4O2. The van der Waals surface area contributed by atoms with E-state index >= 15 is 0 Å². The Morgan fingerprint density at radius 3 is 2.60 bits per heavy atom. The zero-order chi connectivity index (χ0) is 17.6. The Morgan fingerprint density at radius 1 is 1.24 bits per heavy atom. The van der Waals surface area contributed by atoms with Crippen LogP contribution in [0.15, 0.2) is 30.5 Å². The molecule has 2 heterocycles. The highest BCUT2D eigenvalue weighted by Crippen LogP contribution is 2.24. The van der Waals surface area contributed by atoms with E-state index in [1.807, 2.05) is 12.1 Å². The molecule has 0 N–H and O–H groups in total. The van der Waals surface area contributed by atoms with Gasteiger partial charge in [-0.05, 0) is 23.6 Å². The van der Waals surface area contributed by atoms with Gasteiger partial charge in [0, 0.05) is 19.6 Å². The second-order valence-corrected chi connectivity index (χ2v) is 6.44. The standard InChI is InChI=1S/C19H24N4O2/c1-15(2)16-3-5-18(6-4-16)23-19(17(13-20)14-21-23)25-12-9-22-7-10-24-11-8-22/h3-6,14-15H,7-12H2,1-2H3. The van der Waals surface area contributed by atoms with E-state index < -0.39 is 0 Å². The largest absolute Gasteiger partial charge is 0.475 e. The lowest BCUT2D eigenvalue weighted by atomic mass is 10.0. The Bertz CT molecular complexity index is 725. The van der Waals surface area contributed by atoms with Crippen LogP contribution in [0.4, 0.5) is 0 Å². The third-order valence-electron chi connectivity index (χ3n) is 4.40. The van der Waals surface area contributed by atoms with Crippen molar-refractivity contribution in [2.45, 2.75) is 19.8 Å². The van der Waals surface area contributed by atoms with Crippen molar-refractivity contribution in [1.82, 2.24) is 14.7 Å². The van der Waals surface area contributed by atoms with Crippen molar-refractivity contribution in [3.8, 4) is 17.6 Å². The van der Waals surface area contributed by atoms with Gasteiger partial charge in [-0.15, -0.1) is 0 Å². The van der Waals surface area contributed by atoms with E-state index in [1.165, 1.54) is 5.56 Å². The number of nitriles is 1. The minimum Gasteiger partial charge on any atom is -0.475 e. The molecule has 6 nitrogen and oxygen atoms in total. The van der Waals surface area contributed by atoms with E-state index in [9.17, 15) is 5.26 Å². The first kappa shape index (κ1) is 17.5. The Hall–Kier alpha value is -2.36. The fourth-order valence-electron chi connectivity index (χ4n) is 2.83. The summed E-state index contributed by atoms with van der Waals surface area (Å²) in [7, 11) is 0. The Morgan fingerprint density at radius 2 is 1.96 bits per heavy atom. The maximum absolute atomic E-state index is 9.33. The number of nitrogens with zero attached hydrogens (tertiary/aromatic N) is 4. The van der Waals surface area contributed by atoms with Crippen LogP contribution in [0.25, 0.3) is 5.69 Å². The molecule has 1 aromatic heterocycles. The summed E-state index contributed by atoms with van der Waals surface area (Å²) in [6, 6.07) is 10.4. The number of rotatable bonds is 6. The maximum Gasteiger partial charge on any atom is 0.235 e. The Balaban J connectivity index is 1.72. The summed E-state index contributed by atoms with van der Waals surface area (Å²) in [5.74, 6) is 0.985. The van der Waals surface area contributed by atoms with Crippen LogP contribution < -0.4 is 4.74 Å². The van der Waals surface area contributed by atoms with E-state index in [-0.39, 0.29) is 0 Å². The fraction of sp³-hybridized carbons (Fsp3) is 0.474. The molecule has 132 valence electrons. The number of ether oxygens (including phenoxy) is 2. The third-order valence-corrected chi connectivity index (χ3v) is 4.40. The van der Waals surface area contributed by atoms with Crippen molar-refractivity contribution >= 4 is 0 Å². The zero-order valence-corrected chi connectivity index (χ0v) is 14.8. The predicted octanol–water partition coefficient (Wildman–Crippen LogP) is 2.58. The number of hydrogen-bond acceptors (Lipinski definition) is 5. The maximum atomic E-state index is 9.33. The molecule has 1 aliphatic rings. The van der Waals surface area contributed by atoms with E-state index in [2.05, 4.69) is 42.0 Å². The SMILES string of the molecule is CC(C)c1ccc(-n2ncc(C#N)c2OCCN2CCOCC2)cc1. The normalized spacial score (nSPS) is 15.3. The van der Waals surface area contributed by atoms with Crippen molar-refractivity contribution < 1.29 is 9.47 Å². The summed E-state index contributed by atoms with van der Waals surface area (Å²) >= 11 is 0. The molecule has 0 aliphatic carbocycles. The molecule has 6 heteroatoms. The van der Waals surface area contributed by atoms with E-state index in [4.69, 9.17) is 9.47 Å². The second kappa shape index (κ2) is 8.15. The molecule has 0 saturated carbocycles. The van der Waals surface area contributed by atoms with Crippen molar-refractivity contribution in [2.24, 2.45) is 0 Å². The molecule has 1 fully saturated rings. The average molecular weight is 340 g/mol. The summed E-state index contributed by atoms with van der Waals surface area (Å²) in [6.07, 6.45) is 1.56. The molecule has 1 aliphatic heterocycles. The lowest BCUT2D eigenvalue weighted by molar-refractivity contribution is 0.0318. The quantitative estimate of drug-likeness (QED) is 0.809. The van der Waals surface area contributed by atoms with Gasteiger partial charge in [0.2, 0.25) is 5.88 Å². The molecule has 1 aromatic carbocycles. The molecule has 0 unspecified atom stereocenters. The van der Waals surface area contributed by atoms with Crippen LogP contribution in [-0.4, -0.2) is 54.1 Å². The van der Waals surface area contributed by atoms with Gasteiger partial charge in [0.15, 0.2) is 0 Å². The molecule has 0 bridgehead atoms. The van der Waals surface area contributed by atoms with Crippen LogP contribution in [0.5, 0.6) is 5.88 Å². The van der Waals surface area contributed by atoms with Gasteiger partial charge in [0.25, 0.3) is 0 Å². The minimum absolute atomic E-state index is 0.454. The fourth-order valence-corrected chi connectivity index (χ4v) is 2.83. The summed E-state index contributed by atoms with van der Waals surface area (Å²) in [5.41, 5.74) is 2.62. The highest BCUT2D eigenvalue weighted by molar-refractivity contribution is 5.44. The first-order valence-corrected chi connectivity index (χ1v) is 8.70. The Labute approximate surface area is 148 Å². The number of benzene rings is 1. The zero-order valence-electron chi connectivity index (χ0n) is 14.8. The molecule has 3 rings (SSSR count). The number of aromatic nitrogens is 2. The average Bonchev–Trinajstić information content (AvgIpc) is 3.05. The van der Waals surface area contributed by atoms with Crippen molar-refractivity contribution in [3.63, 3.8) is 0 Å². The molecule has 0 atom stereocenters. The van der Waals surface area contributed by atoms with Gasteiger partial charge in [-0.25, -0.2) is 0 Å². The summed E-state index contributed by atoms with van der Waals surface area (Å²) < 4.78 is 13.0. The topological polar surface area (TPSA) is 63.3 Å². The molecular weight excluding hydrogens is 316 g/mol. The summed E-state index contributed by atoms with van der Waals surface area (Å²) in [4.78, 5) is 2.30. The molecule has 0 amide bonds. The summed E-state index contributed by atoms with van der Waals surface area (Å²) in [5, 5.41) is 13.7. The van der Waals surface area contributed by atoms with Gasteiger partial charge in [-0.2, -0.15) is 15.0 Å². The van der Waals surface area contributed by atoms with Gasteiger partial charge < -0.3 is 9.47 Å². The van der Waals surface area contributed by atoms with Crippen molar-refractivity contribution in [1.29, 1.82) is 5.26 Å². The number of morpholine rings is 1. The minimum atomic E-state index is 0.454. The molecule has 0 spiro atoms. The second-order valence-electron chi connectivity index (χ2n) is 6.44. The van der Waals surface area contributed by atoms with Crippen LogP contribution in [-0.2, 0) is 4.74 Å². The first-order chi connectivity index (χ1) is 12.2. The van der Waals surface area contributed by atoms with Crippen molar-refractivity contribution in [2.75, 3.05) is 39.5 Å². The van der Waals surface area contributed by atoms with Crippen LogP contribution in [0.2, 0.25) is 0 Å². The van der Waals surface area contributed by atoms with Gasteiger partial charge in [-0.3, -0.25) is 4.90 Å². The molecule has 25 heavy (non-hydrogen) atoms. The van der Waals surface area contributed by atoms with Gasteiger partial charge in [0.1, 0.15) is 18.2 Å². The smallest absolute Gasteiger partial charge is 0.235 e. The summed E-state index contributed by atoms with van der Waals surface area (Å²) in [6.45, 7) is 9.03. The lowest BCUT2D eigenvalue weighted by Crippen LogP contribution is -2.38. The van der Waals surface area contributed by atoms with Gasteiger partial charge >= 0.3 is 0 Å². The van der Waals surface area contributed by atoms with E-state index in [0.29, 0.717) is 24.0 Å². The molecule has 0 radical (unpaired) electrons. The lowest BCUT2D eigenvalue weighted by Gasteiger charge is -2.26. The van der Waals surface area contributed by atoms with Crippen LogP contribution in [0.1, 0.15) is 30.9 Å². The van der Waals surface area contributed by atoms with Crippen LogP contribution >= 0.6 is 0 Å². The van der Waals surface area contributed by atoms with Crippen molar-refractivity contribution in [3.05, 3.63) is 41.6 Å². The highest BCUT2D eigenvalue weighted by Gasteiger charge is 2.15. The van der Waals surface area contributed by atoms with Crippen LogP contribution in [0, 0.1) is 11.3 Å². The molecule has 1 saturated heterocycles. The van der Waals surface area contributed by atoms with Gasteiger partial charge in [0.05, 0.1) is 25.1 Å². The number of hydrogen-bond donors (Lipinski definition) is 0. The van der Waals surface area contributed by atoms with Crippen LogP contribution in [0.3, 0.4) is 0 Å². The third kappa shape index (κ3) is 4.19. The first-order valence-electron chi connectivity index (χ1n) is 8.70. The highest BCUT2D eigenvalue weighted by atomic mass is 16.5. The Kier molecular flexibility index (Phi) is 5.69. The van der Waals surface area contributed by atoms with Gasteiger partial charge in [-0.1, -0.05) is 26.0 Å². The monoisotopic (exact) mass is 340 g/mol. The van der Waals surface area contributed by atoms with E-state index in [0.717, 1.165) is 38.5 Å².